The Morgan fingerprint density at radius 1 is 1.06 bits per heavy atom. The second-order valence-corrected chi connectivity index (χ2v) is 10.0. The van der Waals surface area contributed by atoms with E-state index in [-0.39, 0.29) is 10.6 Å². The minimum absolute atomic E-state index is 0.0297. The molecule has 1 fully saturated rings. The minimum atomic E-state index is -3.91. The number of hydrogen-bond acceptors (Lipinski definition) is 6. The van der Waals surface area contributed by atoms with Gasteiger partial charge in [0, 0.05) is 29.4 Å². The third-order valence-corrected chi connectivity index (χ3v) is 7.22. The molecule has 4 rings (SSSR count). The summed E-state index contributed by atoms with van der Waals surface area (Å²) in [5.74, 6) is 1.83. The number of nitrogens with one attached hydrogen (secondary N) is 1. The Kier molecular flexibility index (Phi) is 6.53. The molecule has 0 amide bonds. The molecule has 0 aliphatic carbocycles. The van der Waals surface area contributed by atoms with E-state index in [2.05, 4.69) is 26.7 Å². The second-order valence-electron chi connectivity index (χ2n) is 7.93. The summed E-state index contributed by atoms with van der Waals surface area (Å²) in [7, 11) is -2.49. The summed E-state index contributed by atoms with van der Waals surface area (Å²) in [5, 5.41) is 9.07. The molecule has 1 aliphatic rings. The van der Waals surface area contributed by atoms with Gasteiger partial charge in [-0.25, -0.2) is 8.42 Å². The Morgan fingerprint density at radius 3 is 2.53 bits per heavy atom. The molecule has 0 saturated carbocycles. The second kappa shape index (κ2) is 9.34. The van der Waals surface area contributed by atoms with Gasteiger partial charge in [-0.1, -0.05) is 30.7 Å². The lowest BCUT2D eigenvalue weighted by atomic mass is 9.99. The monoisotopic (exact) mass is 472 g/mol. The van der Waals surface area contributed by atoms with Crippen LogP contribution in [0.4, 0.5) is 11.5 Å². The third kappa shape index (κ3) is 4.97. The van der Waals surface area contributed by atoms with Crippen LogP contribution in [0.2, 0.25) is 5.02 Å². The molecule has 32 heavy (non-hydrogen) atoms. The maximum absolute atomic E-state index is 12.9. The molecule has 0 radical (unpaired) electrons. The van der Waals surface area contributed by atoms with Gasteiger partial charge < -0.3 is 9.64 Å². The zero-order valence-electron chi connectivity index (χ0n) is 18.0. The molecule has 0 bridgehead atoms. The number of methoxy groups -OCH3 is 1. The minimum Gasteiger partial charge on any atom is -0.495 e. The predicted molar refractivity (Wildman–Crippen MR) is 127 cm³/mol. The fourth-order valence-corrected chi connectivity index (χ4v) is 5.18. The van der Waals surface area contributed by atoms with Gasteiger partial charge in [-0.3, -0.25) is 4.72 Å². The van der Waals surface area contributed by atoms with E-state index in [4.69, 9.17) is 16.3 Å². The lowest BCUT2D eigenvalue weighted by Crippen LogP contribution is -2.33. The van der Waals surface area contributed by atoms with Crippen LogP contribution in [0, 0.1) is 5.92 Å². The Labute approximate surface area is 193 Å². The fourth-order valence-electron chi connectivity index (χ4n) is 3.70. The quantitative estimate of drug-likeness (QED) is 0.552. The highest BCUT2D eigenvalue weighted by Crippen LogP contribution is 2.30. The molecule has 1 saturated heterocycles. The van der Waals surface area contributed by atoms with Crippen molar-refractivity contribution >= 4 is 33.1 Å². The number of aromatic nitrogens is 2. The number of halogens is 1. The van der Waals surface area contributed by atoms with Crippen molar-refractivity contribution in [3.05, 3.63) is 59.6 Å². The number of ether oxygens (including phenoxy) is 1. The molecule has 0 atom stereocenters. The van der Waals surface area contributed by atoms with Crippen LogP contribution in [0.15, 0.2) is 59.5 Å². The Hall–Kier alpha value is -2.84. The smallest absolute Gasteiger partial charge is 0.265 e. The zero-order chi connectivity index (χ0) is 22.7. The van der Waals surface area contributed by atoms with Crippen molar-refractivity contribution in [1.82, 2.24) is 10.2 Å². The van der Waals surface area contributed by atoms with Crippen LogP contribution >= 0.6 is 11.6 Å². The van der Waals surface area contributed by atoms with Crippen LogP contribution in [-0.4, -0.2) is 38.8 Å². The van der Waals surface area contributed by atoms with Crippen molar-refractivity contribution in [2.45, 2.75) is 24.7 Å². The average Bonchev–Trinajstić information content (AvgIpc) is 2.79. The zero-order valence-corrected chi connectivity index (χ0v) is 19.5. The van der Waals surface area contributed by atoms with Crippen LogP contribution in [0.1, 0.15) is 19.8 Å². The molecule has 168 valence electrons. The summed E-state index contributed by atoms with van der Waals surface area (Å²) in [6.45, 7) is 4.24. The average molecular weight is 473 g/mol. The van der Waals surface area contributed by atoms with Gasteiger partial charge in [0.1, 0.15) is 10.6 Å². The van der Waals surface area contributed by atoms with E-state index in [1.54, 1.807) is 24.3 Å². The number of hydrogen-bond donors (Lipinski definition) is 1. The molecule has 1 aliphatic heterocycles. The van der Waals surface area contributed by atoms with E-state index in [1.165, 1.54) is 19.2 Å². The number of nitrogens with zero attached hydrogens (tertiary/aromatic N) is 3. The normalized spacial score (nSPS) is 14.9. The molecule has 2 aromatic carbocycles. The molecule has 0 unspecified atom stereocenters. The number of piperidine rings is 1. The maximum Gasteiger partial charge on any atom is 0.265 e. The van der Waals surface area contributed by atoms with Gasteiger partial charge in [-0.2, -0.15) is 0 Å². The summed E-state index contributed by atoms with van der Waals surface area (Å²) < 4.78 is 33.7. The Bertz CT molecular complexity index is 1190. The van der Waals surface area contributed by atoms with Crippen LogP contribution in [0.25, 0.3) is 11.3 Å². The summed E-state index contributed by atoms with van der Waals surface area (Å²) in [4.78, 5) is 2.22. The molecule has 2 heterocycles. The highest BCUT2D eigenvalue weighted by molar-refractivity contribution is 7.92. The maximum atomic E-state index is 12.9. The standard InChI is InChI=1S/C23H25ClN4O3S/c1-16-10-12-28(13-11-16)23-9-7-20(25-26-23)17-4-3-5-19(14-17)27-32(29,30)22-15-18(24)6-8-21(22)31-2/h3-9,14-16,27H,10-13H2,1-2H3. The van der Waals surface area contributed by atoms with Crippen molar-refractivity contribution in [1.29, 1.82) is 0 Å². The molecule has 1 N–H and O–H groups in total. The molecule has 1 aromatic heterocycles. The number of sulfonamides is 1. The van der Waals surface area contributed by atoms with E-state index >= 15 is 0 Å². The van der Waals surface area contributed by atoms with Crippen LogP contribution < -0.4 is 14.4 Å². The fraction of sp³-hybridized carbons (Fsp3) is 0.304. The summed E-state index contributed by atoms with van der Waals surface area (Å²) in [6, 6.07) is 15.4. The SMILES string of the molecule is COc1ccc(Cl)cc1S(=O)(=O)Nc1cccc(-c2ccc(N3CCC(C)CC3)nn2)c1. The summed E-state index contributed by atoms with van der Waals surface area (Å²) >= 11 is 6.00. The highest BCUT2D eigenvalue weighted by atomic mass is 35.5. The molecule has 3 aromatic rings. The van der Waals surface area contributed by atoms with Crippen molar-refractivity contribution in [3.8, 4) is 17.0 Å². The Balaban J connectivity index is 1.54. The topological polar surface area (TPSA) is 84.4 Å². The van der Waals surface area contributed by atoms with Crippen LogP contribution in [0.3, 0.4) is 0 Å². The van der Waals surface area contributed by atoms with Crippen molar-refractivity contribution in [3.63, 3.8) is 0 Å². The van der Waals surface area contributed by atoms with Crippen molar-refractivity contribution < 1.29 is 13.2 Å². The van der Waals surface area contributed by atoms with E-state index in [0.717, 1.165) is 43.2 Å². The first-order chi connectivity index (χ1) is 15.4. The number of anilines is 2. The van der Waals surface area contributed by atoms with Gasteiger partial charge in [0.25, 0.3) is 10.0 Å². The lowest BCUT2D eigenvalue weighted by molar-refractivity contribution is 0.403. The van der Waals surface area contributed by atoms with Gasteiger partial charge in [0.05, 0.1) is 12.8 Å². The third-order valence-electron chi connectivity index (χ3n) is 5.58. The van der Waals surface area contributed by atoms with Crippen molar-refractivity contribution in [2.75, 3.05) is 29.8 Å². The van der Waals surface area contributed by atoms with Crippen LogP contribution in [-0.2, 0) is 10.0 Å². The molecular formula is C23H25ClN4O3S. The first kappa shape index (κ1) is 22.4. The van der Waals surface area contributed by atoms with Gasteiger partial charge in [0.2, 0.25) is 0 Å². The highest BCUT2D eigenvalue weighted by Gasteiger charge is 2.21. The van der Waals surface area contributed by atoms with E-state index in [1.807, 2.05) is 18.2 Å². The van der Waals surface area contributed by atoms with Gasteiger partial charge in [-0.15, -0.1) is 10.2 Å². The predicted octanol–water partition coefficient (Wildman–Crippen LogP) is 4.84. The number of rotatable bonds is 6. The van der Waals surface area contributed by atoms with Crippen molar-refractivity contribution in [2.24, 2.45) is 5.92 Å². The largest absolute Gasteiger partial charge is 0.495 e. The van der Waals surface area contributed by atoms with E-state index in [0.29, 0.717) is 16.4 Å². The van der Waals surface area contributed by atoms with Crippen LogP contribution in [0.5, 0.6) is 5.75 Å². The summed E-state index contributed by atoms with van der Waals surface area (Å²) in [6.07, 6.45) is 2.31. The summed E-state index contributed by atoms with van der Waals surface area (Å²) in [5.41, 5.74) is 1.83. The molecule has 7 nitrogen and oxygen atoms in total. The van der Waals surface area contributed by atoms with Gasteiger partial charge in [0.15, 0.2) is 5.82 Å². The van der Waals surface area contributed by atoms with Gasteiger partial charge in [-0.05, 0) is 61.2 Å². The van der Waals surface area contributed by atoms with E-state index in [9.17, 15) is 8.42 Å². The first-order valence-electron chi connectivity index (χ1n) is 10.4. The molecule has 9 heteroatoms. The molecular weight excluding hydrogens is 448 g/mol. The lowest BCUT2D eigenvalue weighted by Gasteiger charge is -2.30. The Morgan fingerprint density at radius 2 is 1.84 bits per heavy atom. The number of benzene rings is 2. The van der Waals surface area contributed by atoms with Gasteiger partial charge >= 0.3 is 0 Å². The first-order valence-corrected chi connectivity index (χ1v) is 12.3. The molecule has 0 spiro atoms. The van der Waals surface area contributed by atoms with E-state index < -0.39 is 10.0 Å².